The maximum absolute atomic E-state index is 12.1. The van der Waals surface area contributed by atoms with Crippen LogP contribution in [0.2, 0.25) is 0 Å². The first-order chi connectivity index (χ1) is 7.90. The van der Waals surface area contributed by atoms with Gasteiger partial charge in [-0.3, -0.25) is 4.79 Å². The van der Waals surface area contributed by atoms with E-state index in [4.69, 9.17) is 0 Å². The van der Waals surface area contributed by atoms with Crippen molar-refractivity contribution in [2.45, 2.75) is 50.5 Å². The highest BCUT2D eigenvalue weighted by Gasteiger charge is 2.71. The molecule has 0 spiro atoms. The Labute approximate surface area is 135 Å². The highest BCUT2D eigenvalue weighted by Crippen LogP contribution is 2.62. The van der Waals surface area contributed by atoms with Crippen LogP contribution in [0.4, 0.5) is 0 Å². The van der Waals surface area contributed by atoms with Crippen molar-refractivity contribution >= 4 is 69.6 Å². The van der Waals surface area contributed by atoms with Crippen LogP contribution in [0.5, 0.6) is 0 Å². The summed E-state index contributed by atoms with van der Waals surface area (Å²) in [5.74, 6) is 0.255. The predicted octanol–water partition coefficient (Wildman–Crippen LogP) is 3.48. The van der Waals surface area contributed by atoms with Crippen molar-refractivity contribution in [2.75, 3.05) is 0 Å². The van der Waals surface area contributed by atoms with Gasteiger partial charge in [0.05, 0.1) is 11.0 Å². The third kappa shape index (κ3) is 1.69. The summed E-state index contributed by atoms with van der Waals surface area (Å²) in [4.78, 5) is 13.8. The summed E-state index contributed by atoms with van der Waals surface area (Å²) in [6.07, 6.45) is 3.93. The molecule has 6 heteroatoms. The molecule has 1 aliphatic heterocycles. The first-order valence-electron chi connectivity index (χ1n) is 5.79. The van der Waals surface area contributed by atoms with Gasteiger partial charge in [0.2, 0.25) is 5.91 Å². The molecule has 0 radical (unpaired) electrons. The lowest BCUT2D eigenvalue weighted by atomic mass is 9.49. The Hall–Kier alpha value is 1.39. The molecule has 0 aromatic carbocycles. The number of amides is 1. The summed E-state index contributed by atoms with van der Waals surface area (Å²) in [5.41, 5.74) is -0.134. The zero-order chi connectivity index (χ0) is 12.4. The van der Waals surface area contributed by atoms with Crippen LogP contribution in [-0.2, 0) is 4.79 Å². The monoisotopic (exact) mass is 491 g/mol. The van der Waals surface area contributed by atoms with Crippen molar-refractivity contribution in [3.05, 3.63) is 0 Å². The normalized spacial score (nSPS) is 57.5. The number of nitrogens with one attached hydrogen (secondary N) is 1. The van der Waals surface area contributed by atoms with Gasteiger partial charge in [-0.2, -0.15) is 0 Å². The zero-order valence-electron chi connectivity index (χ0n) is 9.06. The molecule has 3 unspecified atom stereocenters. The highest BCUT2D eigenvalue weighted by atomic mass is 79.9. The highest BCUT2D eigenvalue weighted by molar-refractivity contribution is 9.12. The fourth-order valence-electron chi connectivity index (χ4n) is 3.69. The number of hydrogen-bond donors (Lipinski definition) is 1. The zero-order valence-corrected chi connectivity index (χ0v) is 15.4. The molecular formula is C11H13Br4NO. The van der Waals surface area contributed by atoms with Crippen molar-refractivity contribution < 1.29 is 4.79 Å². The predicted molar refractivity (Wildman–Crippen MR) is 82.6 cm³/mol. The second-order valence-electron chi connectivity index (χ2n) is 5.50. The van der Waals surface area contributed by atoms with E-state index in [1.807, 2.05) is 0 Å². The van der Waals surface area contributed by atoms with E-state index >= 15 is 0 Å². The number of hydrogen-bond acceptors (Lipinski definition) is 1. The van der Waals surface area contributed by atoms with E-state index in [0.717, 1.165) is 25.7 Å². The summed E-state index contributed by atoms with van der Waals surface area (Å²) in [6, 6.07) is 0. The fraction of sp³-hybridized carbons (Fsp3) is 0.909. The molecule has 0 bridgehead atoms. The van der Waals surface area contributed by atoms with Crippen molar-refractivity contribution in [3.63, 3.8) is 0 Å². The topological polar surface area (TPSA) is 29.1 Å². The number of carbonyl (C=O) groups excluding carboxylic acids is 1. The lowest BCUT2D eigenvalue weighted by Gasteiger charge is -2.67. The van der Waals surface area contributed by atoms with E-state index in [0.29, 0.717) is 19.3 Å². The van der Waals surface area contributed by atoms with Crippen LogP contribution >= 0.6 is 63.7 Å². The van der Waals surface area contributed by atoms with Crippen LogP contribution < -0.4 is 5.32 Å². The SMILES string of the molecule is O=C1NC23C[C@@H](Br)C(Br)CC12C[C@@H](Br)[C@@H](Br)C3. The van der Waals surface area contributed by atoms with E-state index in [-0.39, 0.29) is 16.9 Å². The van der Waals surface area contributed by atoms with Crippen LogP contribution in [0.3, 0.4) is 0 Å². The largest absolute Gasteiger partial charge is 0.349 e. The molecule has 1 N–H and O–H groups in total. The molecule has 1 amide bonds. The van der Waals surface area contributed by atoms with Gasteiger partial charge < -0.3 is 5.32 Å². The number of halogens is 4. The number of alkyl halides is 4. The van der Waals surface area contributed by atoms with E-state index in [2.05, 4.69) is 69.0 Å². The van der Waals surface area contributed by atoms with Gasteiger partial charge >= 0.3 is 0 Å². The van der Waals surface area contributed by atoms with Crippen LogP contribution in [-0.4, -0.2) is 30.8 Å². The third-order valence-electron chi connectivity index (χ3n) is 4.66. The average Bonchev–Trinajstić information content (AvgIpc) is 2.24. The van der Waals surface area contributed by atoms with Crippen LogP contribution in [0.1, 0.15) is 25.7 Å². The van der Waals surface area contributed by atoms with Gasteiger partial charge in [0.15, 0.2) is 0 Å². The molecule has 6 atom stereocenters. The minimum absolute atomic E-state index is 0.0148. The third-order valence-corrected chi connectivity index (χ3v) is 9.93. The molecule has 0 aromatic heterocycles. The van der Waals surface area contributed by atoms with Gasteiger partial charge in [0.1, 0.15) is 0 Å². The Morgan fingerprint density at radius 3 is 1.71 bits per heavy atom. The molecule has 1 heterocycles. The van der Waals surface area contributed by atoms with Crippen LogP contribution in [0.15, 0.2) is 0 Å². The van der Waals surface area contributed by atoms with E-state index in [9.17, 15) is 4.79 Å². The first-order valence-corrected chi connectivity index (χ1v) is 9.45. The molecule has 96 valence electrons. The quantitative estimate of drug-likeness (QED) is 0.405. The fourth-order valence-corrected chi connectivity index (χ4v) is 6.65. The lowest BCUT2D eigenvalue weighted by molar-refractivity contribution is -0.167. The molecule has 3 rings (SSSR count). The standard InChI is InChI=1S/C11H13Br4NO/c12-5-1-10-2-6(13)8(15)4-11(10,3-7(5)14)16-9(10)17/h5-8H,1-4H2,(H,16,17)/t5-,6?,7+,8-,10?,11?/m1/s1. The Kier molecular flexibility index (Phi) is 3.30. The molecule has 0 aromatic rings. The van der Waals surface area contributed by atoms with E-state index in [1.165, 1.54) is 0 Å². The molecule has 1 saturated heterocycles. The Morgan fingerprint density at radius 1 is 0.882 bits per heavy atom. The summed E-state index contributed by atoms with van der Waals surface area (Å²) in [6.45, 7) is 0. The second kappa shape index (κ2) is 4.19. The minimum Gasteiger partial charge on any atom is -0.349 e. The number of rotatable bonds is 0. The smallest absolute Gasteiger partial charge is 0.229 e. The maximum Gasteiger partial charge on any atom is 0.229 e. The summed E-state index contributed by atoms with van der Waals surface area (Å²) in [5, 5.41) is 3.21. The summed E-state index contributed by atoms with van der Waals surface area (Å²) in [7, 11) is 0. The average molecular weight is 495 g/mol. The van der Waals surface area contributed by atoms with Crippen molar-refractivity contribution in [1.82, 2.24) is 5.32 Å². The van der Waals surface area contributed by atoms with Gasteiger partial charge in [-0.25, -0.2) is 0 Å². The molecule has 2 saturated carbocycles. The molecule has 2 aliphatic carbocycles. The van der Waals surface area contributed by atoms with Crippen LogP contribution in [0.25, 0.3) is 0 Å². The van der Waals surface area contributed by atoms with Gasteiger partial charge in [-0.05, 0) is 25.7 Å². The first kappa shape index (κ1) is 13.4. The number of carbonyl (C=O) groups is 1. The summed E-state index contributed by atoms with van der Waals surface area (Å²) < 4.78 is 0. The Morgan fingerprint density at radius 2 is 1.29 bits per heavy atom. The van der Waals surface area contributed by atoms with Gasteiger partial charge in [-0.1, -0.05) is 63.7 Å². The van der Waals surface area contributed by atoms with Crippen molar-refractivity contribution in [1.29, 1.82) is 0 Å². The van der Waals surface area contributed by atoms with Gasteiger partial charge in [0, 0.05) is 19.3 Å². The second-order valence-corrected chi connectivity index (χ2v) is 10.2. The molecule has 17 heavy (non-hydrogen) atoms. The Balaban J connectivity index is 1.97. The maximum atomic E-state index is 12.1. The van der Waals surface area contributed by atoms with Crippen molar-refractivity contribution in [3.8, 4) is 0 Å². The minimum atomic E-state index is -0.149. The van der Waals surface area contributed by atoms with E-state index < -0.39 is 0 Å². The number of β-lactam (4-membered cyclic amide) rings is 1. The molecule has 3 fully saturated rings. The molecular weight excluding hydrogens is 482 g/mol. The molecule has 3 aliphatic rings. The van der Waals surface area contributed by atoms with E-state index in [1.54, 1.807) is 0 Å². The molecule has 2 nitrogen and oxygen atoms in total. The van der Waals surface area contributed by atoms with Crippen LogP contribution in [0, 0.1) is 5.41 Å². The van der Waals surface area contributed by atoms with Gasteiger partial charge in [0.25, 0.3) is 0 Å². The van der Waals surface area contributed by atoms with Crippen molar-refractivity contribution in [2.24, 2.45) is 5.41 Å². The van der Waals surface area contributed by atoms with Gasteiger partial charge in [-0.15, -0.1) is 0 Å². The lowest BCUT2D eigenvalue weighted by Crippen LogP contribution is -2.82. The summed E-state index contributed by atoms with van der Waals surface area (Å²) >= 11 is 14.9. The Bertz CT molecular complexity index is 354.